The standard InChI is InChI=1S/C17H18F2N2O2S.ClH/c1-10-7-17(15(19)9-14(10)18)24(22,23)21-16-4-2-3-11-8-12(20)5-6-13(11)16;/h5-9,16,21H,2-4,20H2,1H3;1H. The molecule has 25 heavy (non-hydrogen) atoms. The van der Waals surface area contributed by atoms with Gasteiger partial charge in [-0.3, -0.25) is 0 Å². The van der Waals surface area contributed by atoms with Gasteiger partial charge in [-0.15, -0.1) is 12.4 Å². The van der Waals surface area contributed by atoms with Gasteiger partial charge in [0.15, 0.2) is 0 Å². The molecular weight excluding hydrogens is 370 g/mol. The summed E-state index contributed by atoms with van der Waals surface area (Å²) in [6.07, 6.45) is 2.23. The van der Waals surface area contributed by atoms with Crippen LogP contribution in [0.4, 0.5) is 14.5 Å². The summed E-state index contributed by atoms with van der Waals surface area (Å²) in [4.78, 5) is -0.538. The lowest BCUT2D eigenvalue weighted by atomic mass is 9.88. The minimum absolute atomic E-state index is 0. The third-order valence-corrected chi connectivity index (χ3v) is 5.77. The summed E-state index contributed by atoms with van der Waals surface area (Å²) in [5, 5.41) is 0. The first-order valence-electron chi connectivity index (χ1n) is 7.64. The Hall–Kier alpha value is -1.70. The first-order chi connectivity index (χ1) is 11.3. The Labute approximate surface area is 151 Å². The number of rotatable bonds is 3. The normalized spacial score (nSPS) is 16.8. The van der Waals surface area contributed by atoms with E-state index < -0.39 is 32.6 Å². The number of hydrogen-bond donors (Lipinski definition) is 2. The minimum atomic E-state index is -4.11. The van der Waals surface area contributed by atoms with Gasteiger partial charge in [0.05, 0.1) is 0 Å². The highest BCUT2D eigenvalue weighted by Gasteiger charge is 2.28. The van der Waals surface area contributed by atoms with Crippen LogP contribution in [0.15, 0.2) is 35.2 Å². The van der Waals surface area contributed by atoms with E-state index in [0.29, 0.717) is 18.2 Å². The summed E-state index contributed by atoms with van der Waals surface area (Å²) in [5.41, 5.74) is 8.31. The maximum atomic E-state index is 14.0. The molecule has 0 aromatic heterocycles. The van der Waals surface area contributed by atoms with Gasteiger partial charge in [-0.1, -0.05) is 6.07 Å². The smallest absolute Gasteiger partial charge is 0.244 e. The SMILES string of the molecule is Cc1cc(S(=O)(=O)NC2CCCc3cc(N)ccc32)c(F)cc1F.Cl. The van der Waals surface area contributed by atoms with Crippen molar-refractivity contribution in [3.8, 4) is 0 Å². The van der Waals surface area contributed by atoms with Crippen LogP contribution in [0.3, 0.4) is 0 Å². The second-order valence-corrected chi connectivity index (χ2v) is 7.74. The monoisotopic (exact) mass is 388 g/mol. The molecule has 0 saturated heterocycles. The Morgan fingerprint density at radius 3 is 2.60 bits per heavy atom. The van der Waals surface area contributed by atoms with Crippen molar-refractivity contribution in [3.05, 3.63) is 58.7 Å². The van der Waals surface area contributed by atoms with Crippen LogP contribution in [-0.4, -0.2) is 8.42 Å². The fraction of sp³-hybridized carbons (Fsp3) is 0.294. The second kappa shape index (κ2) is 7.27. The molecule has 0 amide bonds. The first-order valence-corrected chi connectivity index (χ1v) is 9.12. The van der Waals surface area contributed by atoms with E-state index in [-0.39, 0.29) is 18.0 Å². The molecule has 1 aliphatic carbocycles. The van der Waals surface area contributed by atoms with Gasteiger partial charge in [0.1, 0.15) is 16.5 Å². The predicted molar refractivity (Wildman–Crippen MR) is 95.2 cm³/mol. The number of sulfonamides is 1. The predicted octanol–water partition coefficient (Wildman–Crippen LogP) is 3.63. The molecule has 2 aromatic rings. The zero-order valence-electron chi connectivity index (χ0n) is 13.6. The Morgan fingerprint density at radius 2 is 1.88 bits per heavy atom. The highest BCUT2D eigenvalue weighted by molar-refractivity contribution is 7.89. The van der Waals surface area contributed by atoms with E-state index in [4.69, 9.17) is 5.73 Å². The number of aryl methyl sites for hydroxylation is 2. The van der Waals surface area contributed by atoms with E-state index in [9.17, 15) is 17.2 Å². The van der Waals surface area contributed by atoms with Gasteiger partial charge in [0, 0.05) is 17.8 Å². The minimum Gasteiger partial charge on any atom is -0.399 e. The van der Waals surface area contributed by atoms with Gasteiger partial charge in [-0.25, -0.2) is 21.9 Å². The van der Waals surface area contributed by atoms with Crippen LogP contribution in [-0.2, 0) is 16.4 Å². The number of fused-ring (bicyclic) bond motifs is 1. The van der Waals surface area contributed by atoms with E-state index in [2.05, 4.69) is 4.72 Å². The zero-order chi connectivity index (χ0) is 17.5. The molecule has 3 N–H and O–H groups in total. The van der Waals surface area contributed by atoms with Crippen molar-refractivity contribution in [2.75, 3.05) is 5.73 Å². The van der Waals surface area contributed by atoms with Crippen LogP contribution in [0.1, 0.15) is 35.6 Å². The average molecular weight is 389 g/mol. The van der Waals surface area contributed by atoms with E-state index in [1.807, 2.05) is 6.07 Å². The molecule has 0 heterocycles. The molecular formula is C17H19ClF2N2O2S. The van der Waals surface area contributed by atoms with Crippen molar-refractivity contribution < 1.29 is 17.2 Å². The van der Waals surface area contributed by atoms with E-state index >= 15 is 0 Å². The largest absolute Gasteiger partial charge is 0.399 e. The molecule has 136 valence electrons. The lowest BCUT2D eigenvalue weighted by Crippen LogP contribution is -2.31. The Balaban J connectivity index is 0.00000225. The molecule has 1 unspecified atom stereocenters. The maximum absolute atomic E-state index is 14.0. The van der Waals surface area contributed by atoms with E-state index in [0.717, 1.165) is 30.0 Å². The van der Waals surface area contributed by atoms with Crippen LogP contribution in [0.2, 0.25) is 0 Å². The third-order valence-electron chi connectivity index (χ3n) is 4.28. The summed E-state index contributed by atoms with van der Waals surface area (Å²) in [5.74, 6) is -1.87. The quantitative estimate of drug-likeness (QED) is 0.788. The van der Waals surface area contributed by atoms with Crippen LogP contribution < -0.4 is 10.5 Å². The molecule has 1 aliphatic rings. The molecule has 3 rings (SSSR count). The van der Waals surface area contributed by atoms with Crippen molar-refractivity contribution in [2.45, 2.75) is 37.1 Å². The molecule has 0 aliphatic heterocycles. The Morgan fingerprint density at radius 1 is 1.16 bits per heavy atom. The molecule has 1 atom stereocenters. The molecule has 0 fully saturated rings. The first kappa shape index (κ1) is 19.6. The molecule has 0 radical (unpaired) electrons. The molecule has 0 saturated carbocycles. The number of nitrogens with two attached hydrogens (primary N) is 1. The summed E-state index contributed by atoms with van der Waals surface area (Å²) < 4.78 is 55.0. The van der Waals surface area contributed by atoms with Gasteiger partial charge in [-0.05, 0) is 61.1 Å². The fourth-order valence-electron chi connectivity index (χ4n) is 3.04. The molecule has 2 aromatic carbocycles. The van der Waals surface area contributed by atoms with E-state index in [1.165, 1.54) is 6.92 Å². The summed E-state index contributed by atoms with van der Waals surface area (Å²) in [7, 11) is -4.11. The highest BCUT2D eigenvalue weighted by atomic mass is 35.5. The number of nitrogens with one attached hydrogen (secondary N) is 1. The van der Waals surface area contributed by atoms with Crippen molar-refractivity contribution in [2.24, 2.45) is 0 Å². The topological polar surface area (TPSA) is 72.2 Å². The number of benzene rings is 2. The molecule has 8 heteroatoms. The van der Waals surface area contributed by atoms with Gasteiger partial charge < -0.3 is 5.73 Å². The zero-order valence-corrected chi connectivity index (χ0v) is 15.2. The Bertz CT molecular complexity index is 904. The van der Waals surface area contributed by atoms with Gasteiger partial charge in [-0.2, -0.15) is 0 Å². The van der Waals surface area contributed by atoms with Gasteiger partial charge in [0.25, 0.3) is 0 Å². The van der Waals surface area contributed by atoms with Crippen LogP contribution in [0.25, 0.3) is 0 Å². The number of hydrogen-bond acceptors (Lipinski definition) is 3. The van der Waals surface area contributed by atoms with Gasteiger partial charge >= 0.3 is 0 Å². The van der Waals surface area contributed by atoms with Crippen molar-refractivity contribution in [1.82, 2.24) is 4.72 Å². The highest BCUT2D eigenvalue weighted by Crippen LogP contribution is 2.32. The fourth-order valence-corrected chi connectivity index (χ4v) is 4.44. The lowest BCUT2D eigenvalue weighted by molar-refractivity contribution is 0.499. The number of halogens is 3. The van der Waals surface area contributed by atoms with Crippen LogP contribution in [0, 0.1) is 18.6 Å². The van der Waals surface area contributed by atoms with E-state index in [1.54, 1.807) is 12.1 Å². The summed E-state index contributed by atoms with van der Waals surface area (Å²) >= 11 is 0. The number of anilines is 1. The molecule has 0 spiro atoms. The van der Waals surface area contributed by atoms with Gasteiger partial charge in [0.2, 0.25) is 10.0 Å². The lowest BCUT2D eigenvalue weighted by Gasteiger charge is -2.26. The maximum Gasteiger partial charge on any atom is 0.244 e. The molecule has 4 nitrogen and oxygen atoms in total. The van der Waals surface area contributed by atoms with Crippen LogP contribution in [0.5, 0.6) is 0 Å². The van der Waals surface area contributed by atoms with Crippen molar-refractivity contribution in [1.29, 1.82) is 0 Å². The molecule has 0 bridgehead atoms. The Kier molecular flexibility index (Phi) is 5.71. The average Bonchev–Trinajstić information content (AvgIpc) is 2.50. The van der Waals surface area contributed by atoms with Crippen molar-refractivity contribution >= 4 is 28.1 Å². The summed E-state index contributed by atoms with van der Waals surface area (Å²) in [6.45, 7) is 1.40. The second-order valence-electron chi connectivity index (χ2n) is 6.06. The van der Waals surface area contributed by atoms with Crippen molar-refractivity contribution in [3.63, 3.8) is 0 Å². The van der Waals surface area contributed by atoms with Crippen LogP contribution >= 0.6 is 12.4 Å². The summed E-state index contributed by atoms with van der Waals surface area (Å²) in [6, 6.07) is 6.50. The number of nitrogen functional groups attached to an aromatic ring is 1. The third kappa shape index (κ3) is 3.94.